The summed E-state index contributed by atoms with van der Waals surface area (Å²) in [6, 6.07) is 6.35. The first kappa shape index (κ1) is 15.3. The van der Waals surface area contributed by atoms with Crippen LogP contribution in [0, 0.1) is 0 Å². The Kier molecular flexibility index (Phi) is 5.40. The molecule has 1 unspecified atom stereocenters. The molecule has 0 aliphatic rings. The van der Waals surface area contributed by atoms with Gasteiger partial charge in [-0.25, -0.2) is 4.98 Å². The molecule has 20 heavy (non-hydrogen) atoms. The molecule has 0 amide bonds. The Morgan fingerprint density at radius 3 is 2.85 bits per heavy atom. The number of benzene rings is 1. The molecule has 0 saturated heterocycles. The molecule has 2 N–H and O–H groups in total. The van der Waals surface area contributed by atoms with Crippen LogP contribution in [-0.2, 0) is 13.0 Å². The fraction of sp³-hybridized carbons (Fsp3) is 0.400. The Labute approximate surface area is 129 Å². The molecule has 1 aromatic carbocycles. The highest BCUT2D eigenvalue weighted by Crippen LogP contribution is 2.25. The van der Waals surface area contributed by atoms with Crippen molar-refractivity contribution in [3.05, 3.63) is 45.4 Å². The number of anilines is 1. The standard InChI is InChI=1S/C15H20ClN3S/c1-3-12(17)6-11-4-5-14(7-15(11)16)19(2)8-13-9-20-10-18-13/h4-5,7,9-10,12H,3,6,8,17H2,1-2H3. The minimum absolute atomic E-state index is 0.172. The third-order valence-corrected chi connectivity index (χ3v) is 4.35. The topological polar surface area (TPSA) is 42.1 Å². The Bertz CT molecular complexity index is 542. The zero-order chi connectivity index (χ0) is 14.5. The van der Waals surface area contributed by atoms with E-state index >= 15 is 0 Å². The largest absolute Gasteiger partial charge is 0.369 e. The van der Waals surface area contributed by atoms with Crippen molar-refractivity contribution in [2.45, 2.75) is 32.4 Å². The van der Waals surface area contributed by atoms with E-state index in [1.165, 1.54) is 0 Å². The van der Waals surface area contributed by atoms with Crippen molar-refractivity contribution in [2.24, 2.45) is 5.73 Å². The molecule has 0 spiro atoms. The molecule has 2 rings (SSSR count). The molecule has 1 heterocycles. The molecule has 0 radical (unpaired) electrons. The van der Waals surface area contributed by atoms with Crippen LogP contribution in [0.3, 0.4) is 0 Å². The van der Waals surface area contributed by atoms with Gasteiger partial charge in [0.1, 0.15) is 0 Å². The lowest BCUT2D eigenvalue weighted by atomic mass is 10.0. The van der Waals surface area contributed by atoms with Crippen molar-refractivity contribution in [3.8, 4) is 0 Å². The van der Waals surface area contributed by atoms with E-state index in [2.05, 4.69) is 34.3 Å². The predicted octanol–water partition coefficient (Wildman–Crippen LogP) is 3.71. The van der Waals surface area contributed by atoms with E-state index in [4.69, 9.17) is 17.3 Å². The number of thiazole rings is 1. The van der Waals surface area contributed by atoms with Gasteiger partial charge in [0.25, 0.3) is 0 Å². The Morgan fingerprint density at radius 1 is 1.45 bits per heavy atom. The number of hydrogen-bond acceptors (Lipinski definition) is 4. The highest BCUT2D eigenvalue weighted by Gasteiger charge is 2.09. The van der Waals surface area contributed by atoms with Crippen molar-refractivity contribution in [1.29, 1.82) is 0 Å². The fourth-order valence-electron chi connectivity index (χ4n) is 2.02. The summed E-state index contributed by atoms with van der Waals surface area (Å²) in [6.45, 7) is 2.88. The van der Waals surface area contributed by atoms with E-state index in [0.29, 0.717) is 0 Å². The van der Waals surface area contributed by atoms with Crippen LogP contribution in [0.2, 0.25) is 5.02 Å². The molecule has 108 valence electrons. The van der Waals surface area contributed by atoms with Crippen LogP contribution >= 0.6 is 22.9 Å². The van der Waals surface area contributed by atoms with E-state index in [-0.39, 0.29) is 6.04 Å². The molecule has 0 fully saturated rings. The van der Waals surface area contributed by atoms with E-state index in [1.807, 2.05) is 18.6 Å². The monoisotopic (exact) mass is 309 g/mol. The third kappa shape index (κ3) is 3.95. The van der Waals surface area contributed by atoms with Gasteiger partial charge in [-0.15, -0.1) is 11.3 Å². The summed E-state index contributed by atoms with van der Waals surface area (Å²) in [5.41, 5.74) is 11.1. The van der Waals surface area contributed by atoms with Crippen LogP contribution in [0.15, 0.2) is 29.1 Å². The average Bonchev–Trinajstić information content (AvgIpc) is 2.93. The zero-order valence-electron chi connectivity index (χ0n) is 11.8. The maximum Gasteiger partial charge on any atom is 0.0795 e. The third-order valence-electron chi connectivity index (χ3n) is 3.37. The quantitative estimate of drug-likeness (QED) is 0.884. The summed E-state index contributed by atoms with van der Waals surface area (Å²) in [5, 5.41) is 2.85. The molecule has 5 heteroatoms. The van der Waals surface area contributed by atoms with Crippen molar-refractivity contribution in [3.63, 3.8) is 0 Å². The summed E-state index contributed by atoms with van der Waals surface area (Å²) in [7, 11) is 2.04. The van der Waals surface area contributed by atoms with Crippen LogP contribution in [0.4, 0.5) is 5.69 Å². The van der Waals surface area contributed by atoms with Crippen LogP contribution in [0.5, 0.6) is 0 Å². The van der Waals surface area contributed by atoms with E-state index in [9.17, 15) is 0 Å². The molecular formula is C15H20ClN3S. The van der Waals surface area contributed by atoms with Crippen LogP contribution in [0.1, 0.15) is 24.6 Å². The van der Waals surface area contributed by atoms with Crippen molar-refractivity contribution < 1.29 is 0 Å². The lowest BCUT2D eigenvalue weighted by Gasteiger charge is -2.19. The van der Waals surface area contributed by atoms with Gasteiger partial charge in [-0.3, -0.25) is 0 Å². The van der Waals surface area contributed by atoms with Gasteiger partial charge in [0.15, 0.2) is 0 Å². The van der Waals surface area contributed by atoms with E-state index < -0.39 is 0 Å². The van der Waals surface area contributed by atoms with Gasteiger partial charge in [0, 0.05) is 29.2 Å². The number of aromatic nitrogens is 1. The Hall–Kier alpha value is -1.10. The number of nitrogens with two attached hydrogens (primary N) is 1. The second kappa shape index (κ2) is 7.07. The summed E-state index contributed by atoms with van der Waals surface area (Å²) < 4.78 is 0. The molecule has 0 bridgehead atoms. The molecule has 0 aliphatic carbocycles. The molecule has 0 saturated carbocycles. The lowest BCUT2D eigenvalue weighted by Crippen LogP contribution is -2.21. The number of halogens is 1. The number of hydrogen-bond donors (Lipinski definition) is 1. The van der Waals surface area contributed by atoms with Gasteiger partial charge in [-0.2, -0.15) is 0 Å². The van der Waals surface area contributed by atoms with E-state index in [1.54, 1.807) is 11.3 Å². The second-order valence-corrected chi connectivity index (χ2v) is 6.11. The summed E-state index contributed by atoms with van der Waals surface area (Å²) in [5.74, 6) is 0. The summed E-state index contributed by atoms with van der Waals surface area (Å²) in [4.78, 5) is 6.44. The molecule has 0 aliphatic heterocycles. The summed E-state index contributed by atoms with van der Waals surface area (Å²) in [6.07, 6.45) is 1.78. The fourth-order valence-corrected chi connectivity index (χ4v) is 2.82. The first-order valence-electron chi connectivity index (χ1n) is 6.72. The maximum absolute atomic E-state index is 6.36. The van der Waals surface area contributed by atoms with Crippen molar-refractivity contribution in [2.75, 3.05) is 11.9 Å². The molecule has 1 aromatic heterocycles. The first-order valence-corrected chi connectivity index (χ1v) is 8.04. The zero-order valence-corrected chi connectivity index (χ0v) is 13.4. The normalized spacial score (nSPS) is 12.4. The lowest BCUT2D eigenvalue weighted by molar-refractivity contribution is 0.646. The Morgan fingerprint density at radius 2 is 2.25 bits per heavy atom. The molecule has 3 nitrogen and oxygen atoms in total. The highest BCUT2D eigenvalue weighted by molar-refractivity contribution is 7.07. The minimum atomic E-state index is 0.172. The first-order chi connectivity index (χ1) is 9.60. The predicted molar refractivity (Wildman–Crippen MR) is 87.6 cm³/mol. The second-order valence-electron chi connectivity index (χ2n) is 4.98. The Balaban J connectivity index is 2.08. The van der Waals surface area contributed by atoms with Crippen LogP contribution in [0.25, 0.3) is 0 Å². The number of rotatable bonds is 6. The van der Waals surface area contributed by atoms with Crippen LogP contribution in [-0.4, -0.2) is 18.1 Å². The van der Waals surface area contributed by atoms with Gasteiger partial charge >= 0.3 is 0 Å². The van der Waals surface area contributed by atoms with Crippen LogP contribution < -0.4 is 10.6 Å². The highest BCUT2D eigenvalue weighted by atomic mass is 35.5. The molecule has 2 aromatic rings. The SMILES string of the molecule is CCC(N)Cc1ccc(N(C)Cc2cscn2)cc1Cl. The van der Waals surface area contributed by atoms with Crippen molar-refractivity contribution in [1.82, 2.24) is 4.98 Å². The smallest absolute Gasteiger partial charge is 0.0795 e. The van der Waals surface area contributed by atoms with Crippen molar-refractivity contribution >= 4 is 28.6 Å². The van der Waals surface area contributed by atoms with Gasteiger partial charge in [-0.05, 0) is 30.5 Å². The average molecular weight is 310 g/mol. The number of nitrogens with zero attached hydrogens (tertiary/aromatic N) is 2. The van der Waals surface area contributed by atoms with Gasteiger partial charge in [0.2, 0.25) is 0 Å². The van der Waals surface area contributed by atoms with Gasteiger partial charge < -0.3 is 10.6 Å². The minimum Gasteiger partial charge on any atom is -0.369 e. The maximum atomic E-state index is 6.36. The molecule has 1 atom stereocenters. The van der Waals surface area contributed by atoms with Gasteiger partial charge in [0.05, 0.1) is 17.7 Å². The van der Waals surface area contributed by atoms with E-state index in [0.717, 1.165) is 41.4 Å². The molecular weight excluding hydrogens is 290 g/mol. The summed E-state index contributed by atoms with van der Waals surface area (Å²) >= 11 is 7.97. The van der Waals surface area contributed by atoms with Gasteiger partial charge in [-0.1, -0.05) is 24.6 Å².